The van der Waals surface area contributed by atoms with Crippen LogP contribution in [0.2, 0.25) is 0 Å². The number of benzene rings is 1. The molecule has 1 aromatic carbocycles. The van der Waals surface area contributed by atoms with Crippen LogP contribution in [0.3, 0.4) is 0 Å². The van der Waals surface area contributed by atoms with Crippen molar-refractivity contribution < 1.29 is 8.81 Å². The normalized spacial score (nSPS) is 14.0. The van der Waals surface area contributed by atoms with Gasteiger partial charge in [-0.1, -0.05) is 0 Å². The molecule has 0 aliphatic carbocycles. The summed E-state index contributed by atoms with van der Waals surface area (Å²) in [4.78, 5) is 4.11. The molecule has 3 aromatic heterocycles. The number of fused-ring (bicyclic) bond motifs is 2. The molecule has 5 rings (SSSR count). The molecule has 0 amide bonds. The predicted octanol–water partition coefficient (Wildman–Crippen LogP) is 3.60. The summed E-state index contributed by atoms with van der Waals surface area (Å²) in [6, 6.07) is 8.81. The minimum absolute atomic E-state index is 0.288. The summed E-state index contributed by atoms with van der Waals surface area (Å²) in [6.07, 6.45) is 5.06. The summed E-state index contributed by atoms with van der Waals surface area (Å²) in [5, 5.41) is 8.70. The highest BCUT2D eigenvalue weighted by Gasteiger charge is 2.24. The van der Waals surface area contributed by atoms with Gasteiger partial charge in [0.15, 0.2) is 0 Å². The Morgan fingerprint density at radius 3 is 2.88 bits per heavy atom. The van der Waals surface area contributed by atoms with E-state index in [0.29, 0.717) is 11.0 Å². The second-order valence-electron chi connectivity index (χ2n) is 6.06. The van der Waals surface area contributed by atoms with Gasteiger partial charge in [0.1, 0.15) is 17.1 Å². The Balaban J connectivity index is 1.83. The lowest BCUT2D eigenvalue weighted by Crippen LogP contribution is -2.28. The van der Waals surface area contributed by atoms with Crippen molar-refractivity contribution >= 4 is 11.0 Å². The Hall–Kier alpha value is -2.99. The van der Waals surface area contributed by atoms with Crippen molar-refractivity contribution in [3.63, 3.8) is 0 Å². The van der Waals surface area contributed by atoms with E-state index in [2.05, 4.69) is 10.3 Å². The fourth-order valence-electron chi connectivity index (χ4n) is 3.48. The Morgan fingerprint density at radius 1 is 1.12 bits per heavy atom. The molecule has 1 N–H and O–H groups in total. The second-order valence-corrected chi connectivity index (χ2v) is 6.06. The zero-order valence-electron chi connectivity index (χ0n) is 13.4. The number of nitrogens with one attached hydrogen (secondary N) is 1. The lowest BCUT2D eigenvalue weighted by Gasteiger charge is -2.16. The summed E-state index contributed by atoms with van der Waals surface area (Å²) in [6.45, 7) is 2.42. The Morgan fingerprint density at radius 2 is 2.00 bits per heavy atom. The van der Waals surface area contributed by atoms with Gasteiger partial charge in [0.25, 0.3) is 0 Å². The Labute approximate surface area is 143 Å². The van der Waals surface area contributed by atoms with Gasteiger partial charge in [0.2, 0.25) is 0 Å². The van der Waals surface area contributed by atoms with Gasteiger partial charge >= 0.3 is 0 Å². The van der Waals surface area contributed by atoms with E-state index in [1.807, 2.05) is 16.8 Å². The second kappa shape index (κ2) is 5.53. The standard InChI is InChI=1S/C19H15FN4O/c20-15-2-1-14(19-13(15)5-10-25-19)18-17(12-3-6-21-7-4-12)16-11-22-8-9-24(16)23-18/h1-7,10,22H,8-9,11H2. The highest BCUT2D eigenvalue weighted by molar-refractivity contribution is 5.96. The number of furan rings is 1. The highest BCUT2D eigenvalue weighted by Crippen LogP contribution is 2.39. The molecule has 0 atom stereocenters. The zero-order chi connectivity index (χ0) is 16.8. The third-order valence-electron chi connectivity index (χ3n) is 4.64. The van der Waals surface area contributed by atoms with Crippen LogP contribution in [0.15, 0.2) is 53.4 Å². The van der Waals surface area contributed by atoms with Gasteiger partial charge in [-0.2, -0.15) is 5.10 Å². The highest BCUT2D eigenvalue weighted by atomic mass is 19.1. The van der Waals surface area contributed by atoms with E-state index < -0.39 is 0 Å². The molecule has 4 heterocycles. The molecule has 5 nitrogen and oxygen atoms in total. The van der Waals surface area contributed by atoms with Crippen molar-refractivity contribution in [1.82, 2.24) is 20.1 Å². The fraction of sp³-hybridized carbons (Fsp3) is 0.158. The van der Waals surface area contributed by atoms with Gasteiger partial charge in [-0.3, -0.25) is 9.67 Å². The lowest BCUT2D eigenvalue weighted by molar-refractivity contribution is 0.477. The first kappa shape index (κ1) is 14.4. The average Bonchev–Trinajstić information content (AvgIpc) is 3.28. The van der Waals surface area contributed by atoms with Crippen molar-refractivity contribution in [2.75, 3.05) is 6.54 Å². The van der Waals surface area contributed by atoms with Crippen molar-refractivity contribution in [2.24, 2.45) is 0 Å². The Kier molecular flexibility index (Phi) is 3.18. The third kappa shape index (κ3) is 2.18. The SMILES string of the molecule is Fc1ccc(-c2nn3c(c2-c2ccncc2)CNCC3)c2occc12. The number of hydrogen-bond acceptors (Lipinski definition) is 4. The van der Waals surface area contributed by atoms with Gasteiger partial charge in [-0.25, -0.2) is 4.39 Å². The first-order valence-corrected chi connectivity index (χ1v) is 8.20. The molecule has 6 heteroatoms. The number of aromatic nitrogens is 3. The van der Waals surface area contributed by atoms with Crippen LogP contribution in [-0.4, -0.2) is 21.3 Å². The number of hydrogen-bond donors (Lipinski definition) is 1. The lowest BCUT2D eigenvalue weighted by atomic mass is 9.98. The van der Waals surface area contributed by atoms with Crippen molar-refractivity contribution in [2.45, 2.75) is 13.1 Å². The Bertz CT molecular complexity index is 1070. The van der Waals surface area contributed by atoms with Crippen LogP contribution in [0.4, 0.5) is 4.39 Å². The molecule has 0 fully saturated rings. The van der Waals surface area contributed by atoms with Gasteiger partial charge < -0.3 is 9.73 Å². The maximum atomic E-state index is 14.1. The largest absolute Gasteiger partial charge is 0.464 e. The van der Waals surface area contributed by atoms with Crippen LogP contribution >= 0.6 is 0 Å². The van der Waals surface area contributed by atoms with E-state index in [4.69, 9.17) is 9.52 Å². The van der Waals surface area contributed by atoms with Crippen LogP contribution in [0.25, 0.3) is 33.4 Å². The smallest absolute Gasteiger partial charge is 0.146 e. The fourth-order valence-corrected chi connectivity index (χ4v) is 3.48. The summed E-state index contributed by atoms with van der Waals surface area (Å²) in [5.74, 6) is -0.288. The van der Waals surface area contributed by atoms with Crippen molar-refractivity contribution in [1.29, 1.82) is 0 Å². The molecule has 0 saturated carbocycles. The molecular formula is C19H15FN4O. The van der Waals surface area contributed by atoms with Crippen LogP contribution in [0.1, 0.15) is 5.69 Å². The van der Waals surface area contributed by atoms with E-state index in [1.54, 1.807) is 24.5 Å². The van der Waals surface area contributed by atoms with E-state index in [-0.39, 0.29) is 5.82 Å². The maximum Gasteiger partial charge on any atom is 0.146 e. The van der Waals surface area contributed by atoms with E-state index in [0.717, 1.165) is 47.7 Å². The topological polar surface area (TPSA) is 55.9 Å². The molecule has 4 aromatic rings. The first-order valence-electron chi connectivity index (χ1n) is 8.20. The number of halogens is 1. The molecular weight excluding hydrogens is 319 g/mol. The van der Waals surface area contributed by atoms with E-state index in [1.165, 1.54) is 12.3 Å². The van der Waals surface area contributed by atoms with E-state index in [9.17, 15) is 4.39 Å². The van der Waals surface area contributed by atoms with Crippen LogP contribution < -0.4 is 5.32 Å². The van der Waals surface area contributed by atoms with Crippen molar-refractivity contribution in [3.05, 3.63) is 60.5 Å². The molecule has 0 saturated heterocycles. The quantitative estimate of drug-likeness (QED) is 0.608. The monoisotopic (exact) mass is 334 g/mol. The number of pyridine rings is 1. The van der Waals surface area contributed by atoms with Gasteiger partial charge in [0.05, 0.1) is 23.9 Å². The van der Waals surface area contributed by atoms with Gasteiger partial charge in [-0.15, -0.1) is 0 Å². The maximum absolute atomic E-state index is 14.1. The molecule has 1 aliphatic heterocycles. The minimum atomic E-state index is -0.288. The molecule has 0 radical (unpaired) electrons. The van der Waals surface area contributed by atoms with Gasteiger partial charge in [0, 0.05) is 36.6 Å². The van der Waals surface area contributed by atoms with Crippen LogP contribution in [0, 0.1) is 5.82 Å². The zero-order valence-corrected chi connectivity index (χ0v) is 13.4. The molecule has 0 unspecified atom stereocenters. The van der Waals surface area contributed by atoms with Crippen LogP contribution in [0.5, 0.6) is 0 Å². The van der Waals surface area contributed by atoms with Crippen molar-refractivity contribution in [3.8, 4) is 22.4 Å². The van der Waals surface area contributed by atoms with Gasteiger partial charge in [-0.05, 0) is 35.9 Å². The third-order valence-corrected chi connectivity index (χ3v) is 4.64. The summed E-state index contributed by atoms with van der Waals surface area (Å²) in [7, 11) is 0. The van der Waals surface area contributed by atoms with E-state index >= 15 is 0 Å². The van der Waals surface area contributed by atoms with Crippen LogP contribution in [-0.2, 0) is 13.1 Å². The molecule has 0 bridgehead atoms. The molecule has 0 spiro atoms. The molecule has 25 heavy (non-hydrogen) atoms. The summed E-state index contributed by atoms with van der Waals surface area (Å²) in [5.41, 5.74) is 5.34. The first-order chi connectivity index (χ1) is 12.3. The average molecular weight is 334 g/mol. The minimum Gasteiger partial charge on any atom is -0.464 e. The molecule has 124 valence electrons. The number of nitrogens with zero attached hydrogens (tertiary/aromatic N) is 3. The molecule has 1 aliphatic rings. The number of rotatable bonds is 2. The summed E-state index contributed by atoms with van der Waals surface area (Å²) >= 11 is 0. The summed E-state index contributed by atoms with van der Waals surface area (Å²) < 4.78 is 21.7. The predicted molar refractivity (Wildman–Crippen MR) is 92.3 cm³/mol.